The molecule has 0 radical (unpaired) electrons. The number of aromatic nitrogens is 2. The van der Waals surface area contributed by atoms with Gasteiger partial charge in [-0.15, -0.1) is 0 Å². The third kappa shape index (κ3) is 4.24. The molecule has 0 saturated heterocycles. The summed E-state index contributed by atoms with van der Waals surface area (Å²) in [5.74, 6) is 0. The van der Waals surface area contributed by atoms with Crippen LogP contribution in [-0.2, 0) is 24.2 Å². The van der Waals surface area contributed by atoms with E-state index in [0.29, 0.717) is 19.8 Å². The standard InChI is InChI=1S/C12H22ClN3O2/c1-3-10-12(13)11(16(4-2)15-10)9-14-5-7-18-8-6-17/h14,17H,3-9H2,1-2H3. The van der Waals surface area contributed by atoms with Gasteiger partial charge in [0.1, 0.15) is 0 Å². The van der Waals surface area contributed by atoms with E-state index in [2.05, 4.69) is 17.3 Å². The molecule has 0 fully saturated rings. The van der Waals surface area contributed by atoms with E-state index in [9.17, 15) is 0 Å². The van der Waals surface area contributed by atoms with Crippen LogP contribution in [0.4, 0.5) is 0 Å². The lowest BCUT2D eigenvalue weighted by Gasteiger charge is -2.07. The number of ether oxygens (including phenoxy) is 1. The van der Waals surface area contributed by atoms with Gasteiger partial charge in [0.15, 0.2) is 0 Å². The van der Waals surface area contributed by atoms with E-state index in [1.165, 1.54) is 0 Å². The van der Waals surface area contributed by atoms with E-state index >= 15 is 0 Å². The molecule has 1 aromatic heterocycles. The summed E-state index contributed by atoms with van der Waals surface area (Å²) in [5, 5.41) is 17.0. The normalized spacial score (nSPS) is 11.1. The number of hydrogen-bond donors (Lipinski definition) is 2. The van der Waals surface area contributed by atoms with Gasteiger partial charge in [-0.2, -0.15) is 5.10 Å². The van der Waals surface area contributed by atoms with Gasteiger partial charge >= 0.3 is 0 Å². The molecule has 0 bridgehead atoms. The van der Waals surface area contributed by atoms with Crippen molar-refractivity contribution < 1.29 is 9.84 Å². The molecule has 1 heterocycles. The highest BCUT2D eigenvalue weighted by atomic mass is 35.5. The second kappa shape index (κ2) is 8.48. The molecular weight excluding hydrogens is 254 g/mol. The summed E-state index contributed by atoms with van der Waals surface area (Å²) in [5.41, 5.74) is 1.98. The molecule has 5 nitrogen and oxygen atoms in total. The highest BCUT2D eigenvalue weighted by Crippen LogP contribution is 2.21. The zero-order valence-corrected chi connectivity index (χ0v) is 11.8. The Bertz CT molecular complexity index is 355. The maximum Gasteiger partial charge on any atom is 0.0863 e. The Morgan fingerprint density at radius 3 is 2.78 bits per heavy atom. The van der Waals surface area contributed by atoms with Gasteiger partial charge in [0.2, 0.25) is 0 Å². The lowest BCUT2D eigenvalue weighted by atomic mass is 10.3. The number of rotatable bonds is 9. The van der Waals surface area contributed by atoms with E-state index in [-0.39, 0.29) is 6.61 Å². The fraction of sp³-hybridized carbons (Fsp3) is 0.750. The summed E-state index contributed by atoms with van der Waals surface area (Å²) in [4.78, 5) is 0. The van der Waals surface area contributed by atoms with Crippen molar-refractivity contribution in [1.82, 2.24) is 15.1 Å². The molecule has 0 aliphatic rings. The first kappa shape index (κ1) is 15.4. The van der Waals surface area contributed by atoms with Crippen molar-refractivity contribution >= 4 is 11.6 Å². The Balaban J connectivity index is 2.43. The first-order chi connectivity index (χ1) is 8.74. The van der Waals surface area contributed by atoms with Crippen molar-refractivity contribution in [2.24, 2.45) is 0 Å². The lowest BCUT2D eigenvalue weighted by molar-refractivity contribution is 0.0937. The summed E-state index contributed by atoms with van der Waals surface area (Å²) in [6.45, 7) is 7.36. The minimum absolute atomic E-state index is 0.0638. The van der Waals surface area contributed by atoms with Crippen LogP contribution >= 0.6 is 11.6 Å². The SMILES string of the molecule is CCc1nn(CC)c(CNCCOCCO)c1Cl. The molecule has 0 aliphatic carbocycles. The molecule has 104 valence electrons. The van der Waals surface area contributed by atoms with Crippen molar-refractivity contribution in [3.05, 3.63) is 16.4 Å². The van der Waals surface area contributed by atoms with E-state index < -0.39 is 0 Å². The number of nitrogens with zero attached hydrogens (tertiary/aromatic N) is 2. The van der Waals surface area contributed by atoms with Crippen LogP contribution in [0.15, 0.2) is 0 Å². The van der Waals surface area contributed by atoms with E-state index in [1.54, 1.807) is 0 Å². The van der Waals surface area contributed by atoms with Crippen LogP contribution in [0.5, 0.6) is 0 Å². The van der Waals surface area contributed by atoms with Gasteiger partial charge in [-0.25, -0.2) is 0 Å². The fourth-order valence-corrected chi connectivity index (χ4v) is 2.04. The van der Waals surface area contributed by atoms with E-state index in [4.69, 9.17) is 21.4 Å². The smallest absolute Gasteiger partial charge is 0.0863 e. The Labute approximate surface area is 113 Å². The van der Waals surface area contributed by atoms with Crippen LogP contribution < -0.4 is 5.32 Å². The van der Waals surface area contributed by atoms with E-state index in [0.717, 1.165) is 35.9 Å². The zero-order valence-electron chi connectivity index (χ0n) is 11.1. The predicted molar refractivity (Wildman–Crippen MR) is 71.9 cm³/mol. The molecule has 18 heavy (non-hydrogen) atoms. The number of aryl methyl sites for hydroxylation is 2. The van der Waals surface area contributed by atoms with Crippen LogP contribution in [0, 0.1) is 0 Å². The quantitative estimate of drug-likeness (QED) is 0.666. The van der Waals surface area contributed by atoms with Crippen molar-refractivity contribution in [2.45, 2.75) is 33.4 Å². The van der Waals surface area contributed by atoms with Gasteiger partial charge < -0.3 is 15.2 Å². The second-order valence-corrected chi connectivity index (χ2v) is 4.27. The second-order valence-electron chi connectivity index (χ2n) is 3.89. The van der Waals surface area contributed by atoms with Crippen molar-refractivity contribution in [3.63, 3.8) is 0 Å². The molecule has 1 aromatic rings. The van der Waals surface area contributed by atoms with Gasteiger partial charge in [-0.1, -0.05) is 18.5 Å². The van der Waals surface area contributed by atoms with E-state index in [1.807, 2.05) is 11.6 Å². The topological polar surface area (TPSA) is 59.3 Å². The molecule has 0 aliphatic heterocycles. The van der Waals surface area contributed by atoms with Gasteiger partial charge in [0.25, 0.3) is 0 Å². The molecule has 0 saturated carbocycles. The van der Waals surface area contributed by atoms with Gasteiger partial charge in [0.05, 0.1) is 36.2 Å². The minimum atomic E-state index is 0.0638. The van der Waals surface area contributed by atoms with Crippen molar-refractivity contribution in [1.29, 1.82) is 0 Å². The molecular formula is C12H22ClN3O2. The first-order valence-electron chi connectivity index (χ1n) is 6.37. The maximum absolute atomic E-state index is 8.56. The summed E-state index contributed by atoms with van der Waals surface area (Å²) in [6.07, 6.45) is 0.846. The highest BCUT2D eigenvalue weighted by molar-refractivity contribution is 6.31. The summed E-state index contributed by atoms with van der Waals surface area (Å²) >= 11 is 6.28. The largest absolute Gasteiger partial charge is 0.394 e. The van der Waals surface area contributed by atoms with Crippen LogP contribution in [0.1, 0.15) is 25.2 Å². The average molecular weight is 276 g/mol. The van der Waals surface area contributed by atoms with Gasteiger partial charge in [-0.3, -0.25) is 4.68 Å². The molecule has 6 heteroatoms. The van der Waals surface area contributed by atoms with Gasteiger partial charge in [0, 0.05) is 19.6 Å². The Morgan fingerprint density at radius 1 is 1.39 bits per heavy atom. The third-order valence-corrected chi connectivity index (χ3v) is 3.08. The van der Waals surface area contributed by atoms with Gasteiger partial charge in [-0.05, 0) is 13.3 Å². The summed E-state index contributed by atoms with van der Waals surface area (Å²) in [6, 6.07) is 0. The van der Waals surface area contributed by atoms with Crippen LogP contribution in [0.25, 0.3) is 0 Å². The number of hydrogen-bond acceptors (Lipinski definition) is 4. The molecule has 0 spiro atoms. The first-order valence-corrected chi connectivity index (χ1v) is 6.75. The lowest BCUT2D eigenvalue weighted by Crippen LogP contribution is -2.22. The summed E-state index contributed by atoms with van der Waals surface area (Å²) < 4.78 is 7.10. The number of aliphatic hydroxyl groups is 1. The van der Waals surface area contributed by atoms with Crippen molar-refractivity contribution in [3.8, 4) is 0 Å². The average Bonchev–Trinajstić information content (AvgIpc) is 2.70. The predicted octanol–water partition coefficient (Wildman–Crippen LogP) is 1.22. The fourth-order valence-electron chi connectivity index (χ4n) is 1.70. The monoisotopic (exact) mass is 275 g/mol. The molecule has 2 N–H and O–H groups in total. The molecule has 0 unspecified atom stereocenters. The maximum atomic E-state index is 8.56. The van der Waals surface area contributed by atoms with Crippen LogP contribution in [-0.4, -0.2) is 41.3 Å². The van der Waals surface area contributed by atoms with Crippen molar-refractivity contribution in [2.75, 3.05) is 26.4 Å². The number of nitrogens with one attached hydrogen (secondary N) is 1. The summed E-state index contributed by atoms with van der Waals surface area (Å²) in [7, 11) is 0. The Hall–Kier alpha value is -0.620. The zero-order chi connectivity index (χ0) is 13.4. The van der Waals surface area contributed by atoms with Crippen LogP contribution in [0.3, 0.4) is 0 Å². The molecule has 0 atom stereocenters. The molecule has 0 amide bonds. The number of aliphatic hydroxyl groups excluding tert-OH is 1. The molecule has 1 rings (SSSR count). The molecule has 0 aromatic carbocycles. The third-order valence-electron chi connectivity index (χ3n) is 2.65. The Morgan fingerprint density at radius 2 is 2.17 bits per heavy atom. The van der Waals surface area contributed by atoms with Crippen LogP contribution in [0.2, 0.25) is 5.02 Å². The minimum Gasteiger partial charge on any atom is -0.394 e. The highest BCUT2D eigenvalue weighted by Gasteiger charge is 2.13. The number of halogens is 1. The Kier molecular flexibility index (Phi) is 7.27.